The van der Waals surface area contributed by atoms with E-state index in [0.29, 0.717) is 16.7 Å². The number of furan rings is 1. The molecule has 10 heteroatoms. The molecule has 0 unspecified atom stereocenters. The van der Waals surface area contributed by atoms with Crippen LogP contribution in [0.15, 0.2) is 45.3 Å². The first-order chi connectivity index (χ1) is 13.0. The van der Waals surface area contributed by atoms with Crippen molar-refractivity contribution >= 4 is 29.2 Å². The molecule has 4 rings (SSSR count). The highest BCUT2D eigenvalue weighted by Gasteiger charge is 2.18. The van der Waals surface area contributed by atoms with Crippen LogP contribution in [0, 0.1) is 6.92 Å². The molecule has 0 bridgehead atoms. The van der Waals surface area contributed by atoms with Gasteiger partial charge >= 0.3 is 0 Å². The molecule has 3 aromatic heterocycles. The second-order valence-corrected chi connectivity index (χ2v) is 6.13. The van der Waals surface area contributed by atoms with Crippen LogP contribution in [0.2, 0.25) is 5.02 Å². The molecular weight excluding hydrogens is 370 g/mol. The number of nitrogens with two attached hydrogens (primary N) is 1. The number of nitrogen functional groups attached to an aromatic ring is 1. The van der Waals surface area contributed by atoms with E-state index in [9.17, 15) is 0 Å². The number of rotatable bonds is 4. The van der Waals surface area contributed by atoms with Crippen molar-refractivity contribution in [2.75, 3.05) is 17.7 Å². The molecule has 27 heavy (non-hydrogen) atoms. The molecule has 1 aromatic carbocycles. The topological polar surface area (TPSA) is 120 Å². The van der Waals surface area contributed by atoms with Crippen molar-refractivity contribution in [2.24, 2.45) is 0 Å². The summed E-state index contributed by atoms with van der Waals surface area (Å²) in [5, 5.41) is 4.50. The Kier molecular flexibility index (Phi) is 4.21. The van der Waals surface area contributed by atoms with Crippen LogP contribution in [0.5, 0.6) is 0 Å². The standard InChI is InChI=1S/C17H14ClN7O2/c1-9-6-7-12(26-9)15-20-14(24-27-15)13-21-16(19)23-17(22-13)25(2)11-5-3-4-10(18)8-11/h3-8H,1-2H3,(H2,19,21,22,23). The number of hydrogen-bond donors (Lipinski definition) is 1. The van der Waals surface area contributed by atoms with E-state index < -0.39 is 0 Å². The third-order valence-corrected chi connectivity index (χ3v) is 3.95. The van der Waals surface area contributed by atoms with Crippen LogP contribution < -0.4 is 10.6 Å². The summed E-state index contributed by atoms with van der Waals surface area (Å²) in [6.07, 6.45) is 0. The highest BCUT2D eigenvalue weighted by atomic mass is 35.5. The number of nitrogens with zero attached hydrogens (tertiary/aromatic N) is 6. The summed E-state index contributed by atoms with van der Waals surface area (Å²) in [5.41, 5.74) is 6.63. The van der Waals surface area contributed by atoms with Crippen molar-refractivity contribution in [3.05, 3.63) is 47.2 Å². The zero-order valence-electron chi connectivity index (χ0n) is 14.4. The van der Waals surface area contributed by atoms with Crippen molar-refractivity contribution in [2.45, 2.75) is 6.92 Å². The van der Waals surface area contributed by atoms with Crippen LogP contribution in [0.3, 0.4) is 0 Å². The van der Waals surface area contributed by atoms with E-state index in [1.165, 1.54) is 0 Å². The fourth-order valence-corrected chi connectivity index (χ4v) is 2.58. The Morgan fingerprint density at radius 1 is 1.04 bits per heavy atom. The van der Waals surface area contributed by atoms with Gasteiger partial charge in [-0.05, 0) is 37.3 Å². The number of halogens is 1. The van der Waals surface area contributed by atoms with Gasteiger partial charge in [-0.2, -0.15) is 19.9 Å². The molecule has 0 atom stereocenters. The molecule has 0 fully saturated rings. The molecule has 9 nitrogen and oxygen atoms in total. The molecule has 0 saturated carbocycles. The SMILES string of the molecule is Cc1ccc(-c2nc(-c3nc(N)nc(N(C)c4cccc(Cl)c4)n3)no2)o1. The molecule has 0 aliphatic rings. The van der Waals surface area contributed by atoms with Crippen LogP contribution in [0.4, 0.5) is 17.6 Å². The first-order valence-corrected chi connectivity index (χ1v) is 8.29. The van der Waals surface area contributed by atoms with E-state index >= 15 is 0 Å². The van der Waals surface area contributed by atoms with E-state index in [2.05, 4.69) is 25.1 Å². The summed E-state index contributed by atoms with van der Waals surface area (Å²) in [6, 6.07) is 10.8. The Bertz CT molecular complexity index is 1110. The van der Waals surface area contributed by atoms with Gasteiger partial charge in [0.2, 0.25) is 23.5 Å². The Morgan fingerprint density at radius 3 is 2.63 bits per heavy atom. The number of aromatic nitrogens is 5. The predicted molar refractivity (Wildman–Crippen MR) is 99.5 cm³/mol. The largest absolute Gasteiger partial charge is 0.456 e. The van der Waals surface area contributed by atoms with Crippen molar-refractivity contribution < 1.29 is 8.94 Å². The van der Waals surface area contributed by atoms with Crippen LogP contribution in [0.25, 0.3) is 23.3 Å². The van der Waals surface area contributed by atoms with E-state index in [-0.39, 0.29) is 23.5 Å². The van der Waals surface area contributed by atoms with Gasteiger partial charge < -0.3 is 19.6 Å². The molecule has 136 valence electrons. The molecule has 0 aliphatic carbocycles. The summed E-state index contributed by atoms with van der Waals surface area (Å²) in [6.45, 7) is 1.82. The average molecular weight is 384 g/mol. The average Bonchev–Trinajstić information content (AvgIpc) is 3.29. The number of benzene rings is 1. The predicted octanol–water partition coefficient (Wildman–Crippen LogP) is 3.49. The zero-order valence-corrected chi connectivity index (χ0v) is 15.2. The summed E-state index contributed by atoms with van der Waals surface area (Å²) < 4.78 is 10.7. The van der Waals surface area contributed by atoms with Crippen LogP contribution in [-0.2, 0) is 0 Å². The van der Waals surface area contributed by atoms with E-state index in [1.54, 1.807) is 36.2 Å². The first kappa shape index (κ1) is 17.0. The van der Waals surface area contributed by atoms with E-state index in [1.807, 2.05) is 19.1 Å². The summed E-state index contributed by atoms with van der Waals surface area (Å²) >= 11 is 6.05. The van der Waals surface area contributed by atoms with Crippen molar-refractivity contribution in [1.82, 2.24) is 25.1 Å². The van der Waals surface area contributed by atoms with Gasteiger partial charge in [0, 0.05) is 17.8 Å². The Balaban J connectivity index is 1.70. The number of anilines is 3. The lowest BCUT2D eigenvalue weighted by Crippen LogP contribution is -2.15. The second-order valence-electron chi connectivity index (χ2n) is 5.69. The Morgan fingerprint density at radius 2 is 1.89 bits per heavy atom. The monoisotopic (exact) mass is 383 g/mol. The highest BCUT2D eigenvalue weighted by molar-refractivity contribution is 6.30. The molecule has 0 amide bonds. The van der Waals surface area contributed by atoms with Crippen LogP contribution in [-0.4, -0.2) is 32.1 Å². The number of aryl methyl sites for hydroxylation is 1. The Labute approximate surface area is 158 Å². The van der Waals surface area contributed by atoms with Crippen molar-refractivity contribution in [3.8, 4) is 23.3 Å². The van der Waals surface area contributed by atoms with Crippen LogP contribution >= 0.6 is 11.6 Å². The fourth-order valence-electron chi connectivity index (χ4n) is 2.39. The zero-order chi connectivity index (χ0) is 19.0. The third-order valence-electron chi connectivity index (χ3n) is 3.71. The van der Waals surface area contributed by atoms with Gasteiger partial charge in [0.15, 0.2) is 5.76 Å². The van der Waals surface area contributed by atoms with Crippen molar-refractivity contribution in [1.29, 1.82) is 0 Å². The quantitative estimate of drug-likeness (QED) is 0.564. The molecule has 0 spiro atoms. The lowest BCUT2D eigenvalue weighted by Gasteiger charge is -2.17. The minimum atomic E-state index is 0.0315. The van der Waals surface area contributed by atoms with Gasteiger partial charge in [0.25, 0.3) is 5.89 Å². The molecule has 0 aliphatic heterocycles. The first-order valence-electron chi connectivity index (χ1n) is 7.91. The molecule has 4 aromatic rings. The summed E-state index contributed by atoms with van der Waals surface area (Å²) in [4.78, 5) is 18.7. The number of hydrogen-bond acceptors (Lipinski definition) is 9. The molecule has 0 saturated heterocycles. The normalized spacial score (nSPS) is 10.9. The van der Waals surface area contributed by atoms with E-state index in [4.69, 9.17) is 26.3 Å². The molecule has 2 N–H and O–H groups in total. The minimum absolute atomic E-state index is 0.0315. The lowest BCUT2D eigenvalue weighted by atomic mass is 10.3. The van der Waals surface area contributed by atoms with Crippen LogP contribution in [0.1, 0.15) is 5.76 Å². The summed E-state index contributed by atoms with van der Waals surface area (Å²) in [5.74, 6) is 2.13. The van der Waals surface area contributed by atoms with Gasteiger partial charge in [-0.3, -0.25) is 0 Å². The second kappa shape index (κ2) is 6.69. The Hall–Kier alpha value is -3.46. The maximum Gasteiger partial charge on any atom is 0.294 e. The molecular formula is C17H14ClN7O2. The van der Waals surface area contributed by atoms with E-state index in [0.717, 1.165) is 11.4 Å². The molecule has 3 heterocycles. The van der Waals surface area contributed by atoms with Gasteiger partial charge in [-0.1, -0.05) is 22.8 Å². The fraction of sp³-hybridized carbons (Fsp3) is 0.118. The van der Waals surface area contributed by atoms with Gasteiger partial charge in [0.05, 0.1) is 0 Å². The minimum Gasteiger partial charge on any atom is -0.456 e. The maximum atomic E-state index is 6.05. The van der Waals surface area contributed by atoms with Gasteiger partial charge in [-0.25, -0.2) is 0 Å². The lowest BCUT2D eigenvalue weighted by molar-refractivity contribution is 0.413. The maximum absolute atomic E-state index is 6.05. The summed E-state index contributed by atoms with van der Waals surface area (Å²) in [7, 11) is 1.79. The van der Waals surface area contributed by atoms with Crippen molar-refractivity contribution in [3.63, 3.8) is 0 Å². The van der Waals surface area contributed by atoms with Gasteiger partial charge in [-0.15, -0.1) is 0 Å². The highest BCUT2D eigenvalue weighted by Crippen LogP contribution is 2.26. The smallest absolute Gasteiger partial charge is 0.294 e. The molecule has 0 radical (unpaired) electrons. The van der Waals surface area contributed by atoms with Gasteiger partial charge in [0.1, 0.15) is 5.76 Å². The third kappa shape index (κ3) is 3.44.